The van der Waals surface area contributed by atoms with Gasteiger partial charge in [-0.15, -0.1) is 0 Å². The first kappa shape index (κ1) is 14.9. The van der Waals surface area contributed by atoms with Crippen molar-refractivity contribution in [2.45, 2.75) is 27.7 Å². The number of pyridine rings is 1. The molecule has 1 aromatic heterocycles. The van der Waals surface area contributed by atoms with E-state index in [0.717, 1.165) is 16.8 Å². The normalized spacial score (nSPS) is 11.3. The lowest BCUT2D eigenvalue weighted by molar-refractivity contribution is 0.0954. The van der Waals surface area contributed by atoms with E-state index in [-0.39, 0.29) is 5.91 Å². The van der Waals surface area contributed by atoms with Crippen LogP contribution in [-0.4, -0.2) is 16.6 Å². The Morgan fingerprint density at radius 3 is 2.52 bits per heavy atom. The van der Waals surface area contributed by atoms with Crippen LogP contribution in [-0.2, 0) is 0 Å². The van der Waals surface area contributed by atoms with Crippen LogP contribution in [0.5, 0.6) is 0 Å². The number of hydrazone groups is 1. The molecule has 4 heteroatoms. The largest absolute Gasteiger partial charge is 0.272 e. The molecule has 0 spiro atoms. The van der Waals surface area contributed by atoms with Gasteiger partial charge in [0.2, 0.25) is 0 Å². The fraction of sp³-hybridized carbons (Fsp3) is 0.235. The summed E-state index contributed by atoms with van der Waals surface area (Å²) in [6.07, 6.45) is 3.14. The highest BCUT2D eigenvalue weighted by molar-refractivity contribution is 6.01. The van der Waals surface area contributed by atoms with Gasteiger partial charge in [-0.05, 0) is 62.6 Å². The maximum atomic E-state index is 11.9. The third kappa shape index (κ3) is 3.54. The van der Waals surface area contributed by atoms with Gasteiger partial charge in [0, 0.05) is 18.0 Å². The molecule has 1 heterocycles. The smallest absolute Gasteiger partial charge is 0.267 e. The predicted molar refractivity (Wildman–Crippen MR) is 84.6 cm³/mol. The monoisotopic (exact) mass is 281 g/mol. The topological polar surface area (TPSA) is 54.4 Å². The summed E-state index contributed by atoms with van der Waals surface area (Å²) in [7, 11) is 0. The Hall–Kier alpha value is -2.49. The Morgan fingerprint density at radius 1 is 1.14 bits per heavy atom. The lowest BCUT2D eigenvalue weighted by Crippen LogP contribution is -2.19. The van der Waals surface area contributed by atoms with E-state index in [1.165, 1.54) is 17.3 Å². The van der Waals surface area contributed by atoms with Crippen LogP contribution in [0, 0.1) is 20.8 Å². The number of hydrogen-bond acceptors (Lipinski definition) is 3. The third-order valence-electron chi connectivity index (χ3n) is 3.48. The summed E-state index contributed by atoms with van der Waals surface area (Å²) in [5.74, 6) is -0.260. The molecule has 1 N–H and O–H groups in total. The summed E-state index contributed by atoms with van der Waals surface area (Å²) in [5, 5.41) is 4.19. The van der Waals surface area contributed by atoms with Crippen LogP contribution < -0.4 is 5.43 Å². The highest BCUT2D eigenvalue weighted by atomic mass is 16.2. The van der Waals surface area contributed by atoms with E-state index < -0.39 is 0 Å². The molecule has 4 nitrogen and oxygen atoms in total. The minimum atomic E-state index is -0.260. The van der Waals surface area contributed by atoms with Crippen LogP contribution in [0.1, 0.15) is 39.5 Å². The molecule has 108 valence electrons. The fourth-order valence-electron chi connectivity index (χ4n) is 2.11. The second-order valence-electron chi connectivity index (χ2n) is 5.13. The molecule has 21 heavy (non-hydrogen) atoms. The number of amides is 1. The van der Waals surface area contributed by atoms with Crippen molar-refractivity contribution in [1.82, 2.24) is 10.4 Å². The molecule has 1 aromatic carbocycles. The molecule has 0 saturated heterocycles. The van der Waals surface area contributed by atoms with Gasteiger partial charge in [0.1, 0.15) is 0 Å². The molecule has 0 aliphatic rings. The zero-order valence-electron chi connectivity index (χ0n) is 12.8. The van der Waals surface area contributed by atoms with Crippen molar-refractivity contribution in [3.63, 3.8) is 0 Å². The van der Waals surface area contributed by atoms with Crippen molar-refractivity contribution in [3.8, 4) is 0 Å². The van der Waals surface area contributed by atoms with Crippen LogP contribution in [0.4, 0.5) is 0 Å². The van der Waals surface area contributed by atoms with Gasteiger partial charge >= 0.3 is 0 Å². The van der Waals surface area contributed by atoms with E-state index in [2.05, 4.69) is 41.5 Å². The van der Waals surface area contributed by atoms with E-state index in [1.807, 2.05) is 13.8 Å². The van der Waals surface area contributed by atoms with Crippen molar-refractivity contribution >= 4 is 11.6 Å². The average molecular weight is 281 g/mol. The first-order valence-corrected chi connectivity index (χ1v) is 6.82. The third-order valence-corrected chi connectivity index (χ3v) is 3.48. The van der Waals surface area contributed by atoms with Gasteiger partial charge in [-0.25, -0.2) is 5.43 Å². The molecule has 0 saturated carbocycles. The highest BCUT2D eigenvalue weighted by Crippen LogP contribution is 2.16. The van der Waals surface area contributed by atoms with Crippen molar-refractivity contribution < 1.29 is 4.79 Å². The van der Waals surface area contributed by atoms with Gasteiger partial charge in [-0.3, -0.25) is 9.78 Å². The van der Waals surface area contributed by atoms with Crippen LogP contribution in [0.3, 0.4) is 0 Å². The Labute approximate surface area is 124 Å². The molecule has 0 radical (unpaired) electrons. The number of aryl methyl sites for hydroxylation is 3. The molecule has 0 bridgehead atoms. The zero-order valence-corrected chi connectivity index (χ0v) is 12.8. The number of nitrogens with zero attached hydrogens (tertiary/aromatic N) is 2. The standard InChI is InChI=1S/C17H19N3O/c1-11-8-13(3)16(9-12(11)2)14(4)19-20-17(21)15-6-5-7-18-10-15/h5-10H,1-4H3,(H,20,21)/b19-14-. The lowest BCUT2D eigenvalue weighted by atomic mass is 9.98. The van der Waals surface area contributed by atoms with E-state index in [9.17, 15) is 4.79 Å². The Bertz CT molecular complexity index is 691. The van der Waals surface area contributed by atoms with Crippen molar-refractivity contribution in [1.29, 1.82) is 0 Å². The highest BCUT2D eigenvalue weighted by Gasteiger charge is 2.07. The van der Waals surface area contributed by atoms with Gasteiger partial charge in [0.15, 0.2) is 0 Å². The van der Waals surface area contributed by atoms with Gasteiger partial charge in [0.25, 0.3) is 5.91 Å². The number of carbonyl (C=O) groups is 1. The van der Waals surface area contributed by atoms with Crippen LogP contribution in [0.2, 0.25) is 0 Å². The Balaban J connectivity index is 2.19. The second kappa shape index (κ2) is 6.31. The second-order valence-corrected chi connectivity index (χ2v) is 5.13. The first-order chi connectivity index (χ1) is 9.99. The Kier molecular flexibility index (Phi) is 4.48. The van der Waals surface area contributed by atoms with Crippen molar-refractivity contribution in [3.05, 3.63) is 64.5 Å². The number of benzene rings is 1. The maximum Gasteiger partial charge on any atom is 0.272 e. The summed E-state index contributed by atoms with van der Waals surface area (Å²) in [6, 6.07) is 7.65. The number of rotatable bonds is 3. The van der Waals surface area contributed by atoms with Crippen molar-refractivity contribution in [2.24, 2.45) is 5.10 Å². The maximum absolute atomic E-state index is 11.9. The summed E-state index contributed by atoms with van der Waals surface area (Å²) in [6.45, 7) is 8.09. The first-order valence-electron chi connectivity index (χ1n) is 6.82. The number of hydrogen-bond donors (Lipinski definition) is 1. The minimum Gasteiger partial charge on any atom is -0.267 e. The van der Waals surface area contributed by atoms with E-state index >= 15 is 0 Å². The van der Waals surface area contributed by atoms with Gasteiger partial charge in [0.05, 0.1) is 11.3 Å². The average Bonchev–Trinajstić information content (AvgIpc) is 2.49. The zero-order chi connectivity index (χ0) is 15.4. The van der Waals surface area contributed by atoms with E-state index in [4.69, 9.17) is 0 Å². The number of aromatic nitrogens is 1. The molecule has 0 fully saturated rings. The summed E-state index contributed by atoms with van der Waals surface area (Å²) in [4.78, 5) is 15.8. The Morgan fingerprint density at radius 2 is 1.86 bits per heavy atom. The molecular formula is C17H19N3O. The minimum absolute atomic E-state index is 0.260. The van der Waals surface area contributed by atoms with Gasteiger partial charge in [-0.1, -0.05) is 6.07 Å². The molecular weight excluding hydrogens is 262 g/mol. The van der Waals surface area contributed by atoms with E-state index in [1.54, 1.807) is 18.3 Å². The van der Waals surface area contributed by atoms with Crippen LogP contribution >= 0.6 is 0 Å². The molecule has 2 rings (SSSR count). The number of nitrogens with one attached hydrogen (secondary N) is 1. The van der Waals surface area contributed by atoms with Crippen LogP contribution in [0.15, 0.2) is 41.8 Å². The van der Waals surface area contributed by atoms with Crippen molar-refractivity contribution in [2.75, 3.05) is 0 Å². The summed E-state index contributed by atoms with van der Waals surface area (Å²) < 4.78 is 0. The molecule has 0 aliphatic carbocycles. The molecule has 2 aromatic rings. The SMILES string of the molecule is C/C(=N/NC(=O)c1cccnc1)c1cc(C)c(C)cc1C. The molecule has 0 atom stereocenters. The number of carbonyl (C=O) groups excluding carboxylic acids is 1. The van der Waals surface area contributed by atoms with Gasteiger partial charge < -0.3 is 0 Å². The molecule has 0 aliphatic heterocycles. The van der Waals surface area contributed by atoms with Gasteiger partial charge in [-0.2, -0.15) is 5.10 Å². The lowest BCUT2D eigenvalue weighted by Gasteiger charge is -2.09. The summed E-state index contributed by atoms with van der Waals surface area (Å²) >= 11 is 0. The summed E-state index contributed by atoms with van der Waals surface area (Å²) in [5.41, 5.74) is 8.50. The fourth-order valence-corrected chi connectivity index (χ4v) is 2.11. The predicted octanol–water partition coefficient (Wildman–Crippen LogP) is 3.16. The molecule has 0 unspecified atom stereocenters. The van der Waals surface area contributed by atoms with E-state index in [0.29, 0.717) is 5.56 Å². The quantitative estimate of drug-likeness (QED) is 0.694. The molecule has 1 amide bonds. The van der Waals surface area contributed by atoms with Crippen LogP contribution in [0.25, 0.3) is 0 Å².